The van der Waals surface area contributed by atoms with Crippen LogP contribution < -0.4 is 11.5 Å². The van der Waals surface area contributed by atoms with E-state index in [1.807, 2.05) is 0 Å². The monoisotopic (exact) mass is 228 g/mol. The molecule has 4 heteroatoms. The molecule has 0 aromatic carbocycles. The summed E-state index contributed by atoms with van der Waals surface area (Å²) in [5.41, 5.74) is 11.1. The van der Waals surface area contributed by atoms with Gasteiger partial charge in [0.05, 0.1) is 0 Å². The maximum atomic E-state index is 5.58. The molecule has 2 aliphatic rings. The van der Waals surface area contributed by atoms with Crippen molar-refractivity contribution in [1.82, 2.24) is 9.80 Å². The average Bonchev–Trinajstić information content (AvgIpc) is 2.63. The van der Waals surface area contributed by atoms with Gasteiger partial charge in [-0.25, -0.2) is 0 Å². The van der Waals surface area contributed by atoms with Gasteiger partial charge < -0.3 is 21.3 Å². The van der Waals surface area contributed by atoms with Crippen LogP contribution in [0.4, 0.5) is 0 Å². The Bertz CT molecular complexity index is 178. The predicted molar refractivity (Wildman–Crippen MR) is 69.4 cm³/mol. The number of piperidine rings is 1. The van der Waals surface area contributed by atoms with E-state index in [0.717, 1.165) is 19.0 Å². The summed E-state index contributed by atoms with van der Waals surface area (Å²) in [5, 5.41) is 0. The lowest BCUT2D eigenvalue weighted by atomic mass is 9.99. The molecule has 96 valence electrons. The fourth-order valence-corrected chi connectivity index (χ4v) is 2.43. The summed E-state index contributed by atoms with van der Waals surface area (Å²) in [4.78, 5) is 4.62. The van der Waals surface area contributed by atoms with Crippen molar-refractivity contribution in [2.75, 3.05) is 46.8 Å². The molecule has 2 aliphatic heterocycles. The van der Waals surface area contributed by atoms with Gasteiger partial charge in [-0.3, -0.25) is 0 Å². The number of likely N-dealkylation sites (tertiary alicyclic amines) is 2. The number of rotatable bonds is 1. The quantitative estimate of drug-likeness (QED) is 0.660. The van der Waals surface area contributed by atoms with E-state index in [-0.39, 0.29) is 0 Å². The van der Waals surface area contributed by atoms with Gasteiger partial charge in [0.25, 0.3) is 0 Å². The maximum Gasteiger partial charge on any atom is 0.0179 e. The molecule has 4 nitrogen and oxygen atoms in total. The number of hydrogen-bond acceptors (Lipinski definition) is 4. The zero-order valence-corrected chi connectivity index (χ0v) is 10.9. The SMILES string of the molecule is CN1CCC(N)C1.CN1CCCC(CN)C1. The minimum atomic E-state index is 0.449. The highest BCUT2D eigenvalue weighted by Crippen LogP contribution is 2.12. The summed E-state index contributed by atoms with van der Waals surface area (Å²) < 4.78 is 0. The first-order valence-electron chi connectivity index (χ1n) is 6.44. The average molecular weight is 228 g/mol. The van der Waals surface area contributed by atoms with Crippen LogP contribution in [0.1, 0.15) is 19.3 Å². The van der Waals surface area contributed by atoms with Gasteiger partial charge >= 0.3 is 0 Å². The molecule has 0 spiro atoms. The van der Waals surface area contributed by atoms with E-state index in [0.29, 0.717) is 6.04 Å². The standard InChI is InChI=1S/C7H16N2.C5H12N2/c1-9-4-2-3-7(5-8)6-9;1-7-3-2-5(6)4-7/h7H,2-6,8H2,1H3;5H,2-4,6H2,1H3. The molecule has 0 saturated carbocycles. The first kappa shape index (κ1) is 13.9. The Labute approximate surface area is 99.9 Å². The fraction of sp³-hybridized carbons (Fsp3) is 1.00. The van der Waals surface area contributed by atoms with Crippen LogP contribution in [-0.2, 0) is 0 Å². The molecular weight excluding hydrogens is 200 g/mol. The van der Waals surface area contributed by atoms with E-state index in [2.05, 4.69) is 23.9 Å². The van der Waals surface area contributed by atoms with Gasteiger partial charge in [0.1, 0.15) is 0 Å². The first-order chi connectivity index (χ1) is 7.61. The van der Waals surface area contributed by atoms with E-state index in [1.54, 1.807) is 0 Å². The van der Waals surface area contributed by atoms with Gasteiger partial charge in [0.15, 0.2) is 0 Å². The minimum absolute atomic E-state index is 0.449. The number of nitrogens with two attached hydrogens (primary N) is 2. The number of nitrogens with zero attached hydrogens (tertiary/aromatic N) is 2. The van der Waals surface area contributed by atoms with Crippen LogP contribution in [0.2, 0.25) is 0 Å². The molecule has 2 saturated heterocycles. The van der Waals surface area contributed by atoms with Crippen molar-refractivity contribution in [2.24, 2.45) is 17.4 Å². The largest absolute Gasteiger partial charge is 0.330 e. The number of likely N-dealkylation sites (N-methyl/N-ethyl adjacent to an activating group) is 1. The van der Waals surface area contributed by atoms with Gasteiger partial charge in [-0.1, -0.05) is 0 Å². The van der Waals surface area contributed by atoms with Crippen molar-refractivity contribution in [3.8, 4) is 0 Å². The van der Waals surface area contributed by atoms with Gasteiger partial charge in [-0.15, -0.1) is 0 Å². The topological polar surface area (TPSA) is 58.5 Å². The molecule has 2 heterocycles. The Hall–Kier alpha value is -0.160. The van der Waals surface area contributed by atoms with Gasteiger partial charge in [0.2, 0.25) is 0 Å². The molecular formula is C12H28N4. The Morgan fingerprint density at radius 3 is 2.06 bits per heavy atom. The van der Waals surface area contributed by atoms with Crippen molar-refractivity contribution < 1.29 is 0 Å². The third kappa shape index (κ3) is 5.25. The van der Waals surface area contributed by atoms with E-state index < -0.39 is 0 Å². The summed E-state index contributed by atoms with van der Waals surface area (Å²) in [6.07, 6.45) is 3.84. The lowest BCUT2D eigenvalue weighted by molar-refractivity contribution is 0.214. The van der Waals surface area contributed by atoms with Crippen LogP contribution >= 0.6 is 0 Å². The molecule has 2 unspecified atom stereocenters. The van der Waals surface area contributed by atoms with Gasteiger partial charge in [-0.2, -0.15) is 0 Å². The first-order valence-corrected chi connectivity index (χ1v) is 6.44. The second-order valence-electron chi connectivity index (χ2n) is 5.32. The molecule has 0 aromatic rings. The molecule has 2 fully saturated rings. The summed E-state index contributed by atoms with van der Waals surface area (Å²) in [7, 11) is 4.27. The molecule has 0 aromatic heterocycles. The molecule has 0 aliphatic carbocycles. The normalized spacial score (nSPS) is 32.2. The Morgan fingerprint density at radius 2 is 1.75 bits per heavy atom. The summed E-state index contributed by atoms with van der Waals surface area (Å²) in [6, 6.07) is 0.449. The molecule has 4 N–H and O–H groups in total. The lowest BCUT2D eigenvalue weighted by Crippen LogP contribution is -2.35. The van der Waals surface area contributed by atoms with Crippen molar-refractivity contribution in [1.29, 1.82) is 0 Å². The fourth-order valence-electron chi connectivity index (χ4n) is 2.43. The lowest BCUT2D eigenvalue weighted by Gasteiger charge is -2.28. The summed E-state index contributed by atoms with van der Waals surface area (Å²) in [5.74, 6) is 0.767. The smallest absolute Gasteiger partial charge is 0.0179 e. The van der Waals surface area contributed by atoms with Crippen LogP contribution in [0.25, 0.3) is 0 Å². The van der Waals surface area contributed by atoms with Crippen molar-refractivity contribution in [3.63, 3.8) is 0 Å². The van der Waals surface area contributed by atoms with Crippen LogP contribution in [0, 0.1) is 5.92 Å². The van der Waals surface area contributed by atoms with E-state index in [1.165, 1.54) is 38.9 Å². The minimum Gasteiger partial charge on any atom is -0.330 e. The Morgan fingerprint density at radius 1 is 1.06 bits per heavy atom. The van der Waals surface area contributed by atoms with Crippen LogP contribution in [0.5, 0.6) is 0 Å². The second-order valence-corrected chi connectivity index (χ2v) is 5.32. The van der Waals surface area contributed by atoms with E-state index in [9.17, 15) is 0 Å². The highest BCUT2D eigenvalue weighted by atomic mass is 15.1. The van der Waals surface area contributed by atoms with Crippen LogP contribution in [0.15, 0.2) is 0 Å². The third-order valence-electron chi connectivity index (χ3n) is 3.48. The Balaban J connectivity index is 0.000000165. The Kier molecular flexibility index (Phi) is 6.28. The zero-order chi connectivity index (χ0) is 12.0. The molecule has 2 atom stereocenters. The van der Waals surface area contributed by atoms with Crippen LogP contribution in [0.3, 0.4) is 0 Å². The molecule has 16 heavy (non-hydrogen) atoms. The summed E-state index contributed by atoms with van der Waals surface area (Å²) in [6.45, 7) is 5.60. The molecule has 0 radical (unpaired) electrons. The van der Waals surface area contributed by atoms with Crippen LogP contribution in [-0.4, -0.2) is 62.7 Å². The summed E-state index contributed by atoms with van der Waals surface area (Å²) >= 11 is 0. The highest BCUT2D eigenvalue weighted by molar-refractivity contribution is 4.74. The van der Waals surface area contributed by atoms with E-state index >= 15 is 0 Å². The second kappa shape index (κ2) is 7.22. The predicted octanol–water partition coefficient (Wildman–Crippen LogP) is -0.0639. The maximum absolute atomic E-state index is 5.58. The molecule has 0 bridgehead atoms. The molecule has 0 amide bonds. The number of hydrogen-bond donors (Lipinski definition) is 2. The van der Waals surface area contributed by atoms with Crippen molar-refractivity contribution in [3.05, 3.63) is 0 Å². The van der Waals surface area contributed by atoms with Crippen molar-refractivity contribution >= 4 is 0 Å². The zero-order valence-electron chi connectivity index (χ0n) is 10.9. The van der Waals surface area contributed by atoms with Crippen molar-refractivity contribution in [2.45, 2.75) is 25.3 Å². The third-order valence-corrected chi connectivity index (χ3v) is 3.48. The van der Waals surface area contributed by atoms with Gasteiger partial charge in [-0.05, 0) is 58.9 Å². The highest BCUT2D eigenvalue weighted by Gasteiger charge is 2.14. The van der Waals surface area contributed by atoms with Gasteiger partial charge in [0, 0.05) is 19.1 Å². The molecule has 2 rings (SSSR count). The van der Waals surface area contributed by atoms with E-state index in [4.69, 9.17) is 11.5 Å².